The maximum absolute atomic E-state index is 10.0. The van der Waals surface area contributed by atoms with Crippen molar-refractivity contribution in [3.63, 3.8) is 0 Å². The van der Waals surface area contributed by atoms with Gasteiger partial charge in [0.15, 0.2) is 17.7 Å². The van der Waals surface area contributed by atoms with Crippen LogP contribution in [0.2, 0.25) is 0 Å². The second-order valence-corrected chi connectivity index (χ2v) is 5.04. The number of methoxy groups -OCH3 is 1. The van der Waals surface area contributed by atoms with E-state index in [0.717, 1.165) is 0 Å². The molecule has 0 saturated carbocycles. The molecule has 2 aliphatic rings. The molecule has 0 aromatic heterocycles. The van der Waals surface area contributed by atoms with Crippen LogP contribution in [-0.2, 0) is 18.9 Å². The Balaban J connectivity index is 2.29. The Hall–Kier alpha value is -0.500. The Morgan fingerprint density at radius 2 is 2.06 bits per heavy atom. The molecule has 0 aromatic rings. The summed E-state index contributed by atoms with van der Waals surface area (Å²) in [6.45, 7) is 6.63. The van der Waals surface area contributed by atoms with Gasteiger partial charge in [-0.3, -0.25) is 0 Å². The number of aliphatic hydroxyl groups is 2. The quantitative estimate of drug-likeness (QED) is 0.681. The Labute approximate surface area is 106 Å². The fraction of sp³-hybridized carbons (Fsp3) is 0.833. The van der Waals surface area contributed by atoms with Crippen molar-refractivity contribution in [2.45, 2.75) is 49.8 Å². The molecule has 0 aromatic carbocycles. The van der Waals surface area contributed by atoms with Crippen molar-refractivity contribution in [2.24, 2.45) is 0 Å². The highest BCUT2D eigenvalue weighted by atomic mass is 16.8. The van der Waals surface area contributed by atoms with Crippen LogP contribution in [0.1, 0.15) is 13.8 Å². The largest absolute Gasteiger partial charge is 0.393 e. The first-order valence-corrected chi connectivity index (χ1v) is 5.88. The van der Waals surface area contributed by atoms with E-state index in [1.54, 1.807) is 13.8 Å². The third-order valence-electron chi connectivity index (χ3n) is 3.43. The molecule has 0 radical (unpaired) electrons. The van der Waals surface area contributed by atoms with Crippen LogP contribution in [0.5, 0.6) is 0 Å². The predicted molar refractivity (Wildman–Crippen MR) is 61.7 cm³/mol. The van der Waals surface area contributed by atoms with Gasteiger partial charge in [-0.05, 0) is 13.8 Å². The number of hydrogen-bond acceptors (Lipinski definition) is 6. The first-order chi connectivity index (χ1) is 8.40. The number of hydrogen-bond donors (Lipinski definition) is 2. The van der Waals surface area contributed by atoms with E-state index in [1.807, 2.05) is 0 Å². The normalized spacial score (nSPS) is 43.7. The van der Waals surface area contributed by atoms with Crippen molar-refractivity contribution in [1.29, 1.82) is 0 Å². The fourth-order valence-corrected chi connectivity index (χ4v) is 2.61. The van der Waals surface area contributed by atoms with E-state index in [9.17, 15) is 10.2 Å². The van der Waals surface area contributed by atoms with Gasteiger partial charge < -0.3 is 29.2 Å². The first kappa shape index (κ1) is 13.9. The molecule has 2 rings (SSSR count). The molecule has 2 N–H and O–H groups in total. The molecule has 18 heavy (non-hydrogen) atoms. The van der Waals surface area contributed by atoms with E-state index >= 15 is 0 Å². The maximum Gasteiger partial charge on any atom is 0.190 e. The van der Waals surface area contributed by atoms with Gasteiger partial charge in [-0.2, -0.15) is 0 Å². The van der Waals surface area contributed by atoms with Gasteiger partial charge in [0, 0.05) is 7.11 Å². The van der Waals surface area contributed by atoms with Gasteiger partial charge in [0.2, 0.25) is 0 Å². The molecule has 2 heterocycles. The average molecular weight is 260 g/mol. The summed E-state index contributed by atoms with van der Waals surface area (Å²) in [5, 5.41) is 19.6. The first-order valence-electron chi connectivity index (χ1n) is 5.88. The maximum atomic E-state index is 10.0. The van der Waals surface area contributed by atoms with Crippen LogP contribution >= 0.6 is 0 Å². The highest BCUT2D eigenvalue weighted by Gasteiger charge is 2.64. The van der Waals surface area contributed by atoms with Crippen LogP contribution in [0, 0.1) is 0 Å². The predicted octanol–water partition coefficient (Wildman–Crippen LogP) is -0.213. The SMILES string of the molecule is C=CC(O)C1(CO)OC2OC(C)(C)OC2C1OC. The van der Waals surface area contributed by atoms with Crippen LogP contribution in [0.15, 0.2) is 12.7 Å². The summed E-state index contributed by atoms with van der Waals surface area (Å²) in [6.07, 6.45) is -1.58. The lowest BCUT2D eigenvalue weighted by Gasteiger charge is -2.36. The van der Waals surface area contributed by atoms with Crippen LogP contribution in [0.3, 0.4) is 0 Å². The zero-order chi connectivity index (χ0) is 13.6. The molecule has 6 nitrogen and oxygen atoms in total. The zero-order valence-electron chi connectivity index (χ0n) is 10.8. The van der Waals surface area contributed by atoms with E-state index in [0.29, 0.717) is 0 Å². The van der Waals surface area contributed by atoms with E-state index in [2.05, 4.69) is 6.58 Å². The third-order valence-corrected chi connectivity index (χ3v) is 3.43. The van der Waals surface area contributed by atoms with Crippen molar-refractivity contribution < 1.29 is 29.2 Å². The standard InChI is InChI=1S/C12H20O6/c1-5-7(14)12(6-13)9(15-4)8-10(18-12)17-11(2,3)16-8/h5,7-10,13-14H,1,6H2,2-4H3. The highest BCUT2D eigenvalue weighted by molar-refractivity contribution is 5.11. The Bertz CT molecular complexity index is 331. The van der Waals surface area contributed by atoms with Crippen molar-refractivity contribution in [3.8, 4) is 0 Å². The van der Waals surface area contributed by atoms with Crippen LogP contribution in [0.25, 0.3) is 0 Å². The molecule has 0 amide bonds. The monoisotopic (exact) mass is 260 g/mol. The lowest BCUT2D eigenvalue weighted by Crippen LogP contribution is -2.56. The Morgan fingerprint density at radius 3 is 2.56 bits per heavy atom. The topological polar surface area (TPSA) is 77.4 Å². The lowest BCUT2D eigenvalue weighted by atomic mass is 9.90. The third kappa shape index (κ3) is 1.89. The van der Waals surface area contributed by atoms with Gasteiger partial charge >= 0.3 is 0 Å². The molecule has 2 aliphatic heterocycles. The van der Waals surface area contributed by atoms with E-state index in [1.165, 1.54) is 13.2 Å². The van der Waals surface area contributed by atoms with Gasteiger partial charge in [-0.15, -0.1) is 6.58 Å². The Kier molecular flexibility index (Phi) is 3.52. The molecule has 0 aliphatic carbocycles. The molecule has 0 spiro atoms. The number of fused-ring (bicyclic) bond motifs is 1. The number of ether oxygens (including phenoxy) is 4. The average Bonchev–Trinajstić information content (AvgIpc) is 2.76. The van der Waals surface area contributed by atoms with E-state index in [-0.39, 0.29) is 0 Å². The summed E-state index contributed by atoms with van der Waals surface area (Å²) in [6, 6.07) is 0. The summed E-state index contributed by atoms with van der Waals surface area (Å²) >= 11 is 0. The van der Waals surface area contributed by atoms with Crippen LogP contribution in [-0.4, -0.2) is 59.9 Å². The minimum atomic E-state index is -1.30. The van der Waals surface area contributed by atoms with Crippen molar-refractivity contribution in [1.82, 2.24) is 0 Å². The summed E-state index contributed by atoms with van der Waals surface area (Å²) in [5.41, 5.74) is -1.30. The second-order valence-electron chi connectivity index (χ2n) is 5.04. The minimum Gasteiger partial charge on any atom is -0.393 e. The molecular weight excluding hydrogens is 240 g/mol. The smallest absolute Gasteiger partial charge is 0.190 e. The molecule has 2 saturated heterocycles. The minimum absolute atomic E-state index is 0.418. The highest BCUT2D eigenvalue weighted by Crippen LogP contribution is 2.44. The van der Waals surface area contributed by atoms with Gasteiger partial charge in [0.05, 0.1) is 6.61 Å². The molecule has 0 bridgehead atoms. The molecule has 2 fully saturated rings. The molecule has 6 heteroatoms. The van der Waals surface area contributed by atoms with Gasteiger partial charge in [0.1, 0.15) is 18.3 Å². The molecular formula is C12H20O6. The van der Waals surface area contributed by atoms with Crippen LogP contribution < -0.4 is 0 Å². The number of aliphatic hydroxyl groups excluding tert-OH is 2. The molecule has 5 unspecified atom stereocenters. The fourth-order valence-electron chi connectivity index (χ4n) is 2.61. The van der Waals surface area contributed by atoms with E-state index < -0.39 is 42.6 Å². The summed E-state index contributed by atoms with van der Waals surface area (Å²) in [5.74, 6) is -0.771. The zero-order valence-corrected chi connectivity index (χ0v) is 10.8. The van der Waals surface area contributed by atoms with E-state index in [4.69, 9.17) is 18.9 Å². The number of rotatable bonds is 4. The van der Waals surface area contributed by atoms with Gasteiger partial charge in [0.25, 0.3) is 0 Å². The molecule has 5 atom stereocenters. The molecule has 104 valence electrons. The van der Waals surface area contributed by atoms with Crippen LogP contribution in [0.4, 0.5) is 0 Å². The van der Waals surface area contributed by atoms with Gasteiger partial charge in [-0.1, -0.05) is 6.08 Å². The van der Waals surface area contributed by atoms with Gasteiger partial charge in [-0.25, -0.2) is 0 Å². The lowest BCUT2D eigenvalue weighted by molar-refractivity contribution is -0.263. The summed E-state index contributed by atoms with van der Waals surface area (Å²) in [7, 11) is 1.48. The Morgan fingerprint density at radius 1 is 1.39 bits per heavy atom. The van der Waals surface area contributed by atoms with Crippen molar-refractivity contribution in [3.05, 3.63) is 12.7 Å². The summed E-state index contributed by atoms with van der Waals surface area (Å²) in [4.78, 5) is 0. The second kappa shape index (κ2) is 4.56. The van der Waals surface area contributed by atoms with Crippen molar-refractivity contribution >= 4 is 0 Å². The summed E-state index contributed by atoms with van der Waals surface area (Å²) < 4.78 is 22.3. The van der Waals surface area contributed by atoms with Crippen molar-refractivity contribution in [2.75, 3.05) is 13.7 Å².